The van der Waals surface area contributed by atoms with Crippen molar-refractivity contribution in [2.45, 2.75) is 12.5 Å². The molecule has 0 aromatic carbocycles. The molecule has 0 spiro atoms. The first kappa shape index (κ1) is 7.28. The SMILES string of the molecule is C=CC(O)C1CNC(=O)C1. The molecule has 1 rings (SSSR count). The first-order valence-corrected chi connectivity index (χ1v) is 3.31. The second kappa shape index (κ2) is 2.84. The van der Waals surface area contributed by atoms with Crippen LogP contribution in [0, 0.1) is 5.92 Å². The van der Waals surface area contributed by atoms with Crippen LogP contribution >= 0.6 is 0 Å². The minimum Gasteiger partial charge on any atom is -0.389 e. The number of carbonyl (C=O) groups excluding carboxylic acids is 1. The standard InChI is InChI=1S/C7H11NO2/c1-2-6(9)5-3-7(10)8-4-5/h2,5-6,9H,1,3-4H2,(H,8,10). The van der Waals surface area contributed by atoms with Gasteiger partial charge in [0, 0.05) is 18.9 Å². The minimum atomic E-state index is -0.543. The molecule has 1 fully saturated rings. The molecular weight excluding hydrogens is 130 g/mol. The first-order valence-electron chi connectivity index (χ1n) is 3.31. The number of amides is 1. The van der Waals surface area contributed by atoms with Gasteiger partial charge in [-0.05, 0) is 0 Å². The van der Waals surface area contributed by atoms with E-state index in [1.165, 1.54) is 6.08 Å². The molecule has 0 aromatic rings. The van der Waals surface area contributed by atoms with Gasteiger partial charge < -0.3 is 10.4 Å². The Balaban J connectivity index is 2.43. The van der Waals surface area contributed by atoms with E-state index in [9.17, 15) is 4.79 Å². The van der Waals surface area contributed by atoms with Gasteiger partial charge in [0.25, 0.3) is 0 Å². The Morgan fingerprint density at radius 2 is 2.60 bits per heavy atom. The van der Waals surface area contributed by atoms with Crippen molar-refractivity contribution in [2.75, 3.05) is 6.54 Å². The molecule has 2 atom stereocenters. The van der Waals surface area contributed by atoms with Crippen molar-refractivity contribution < 1.29 is 9.90 Å². The van der Waals surface area contributed by atoms with Gasteiger partial charge in [0.2, 0.25) is 5.91 Å². The monoisotopic (exact) mass is 141 g/mol. The van der Waals surface area contributed by atoms with Crippen molar-refractivity contribution in [3.05, 3.63) is 12.7 Å². The molecule has 0 aromatic heterocycles. The third kappa shape index (κ3) is 1.36. The Bertz CT molecular complexity index is 156. The van der Waals surface area contributed by atoms with Gasteiger partial charge in [-0.1, -0.05) is 6.08 Å². The number of nitrogens with one attached hydrogen (secondary N) is 1. The summed E-state index contributed by atoms with van der Waals surface area (Å²) in [6.45, 7) is 4.02. The Kier molecular flexibility index (Phi) is 2.06. The quantitative estimate of drug-likeness (QED) is 0.517. The number of hydrogen-bond donors (Lipinski definition) is 2. The van der Waals surface area contributed by atoms with Gasteiger partial charge in [-0.15, -0.1) is 6.58 Å². The molecule has 10 heavy (non-hydrogen) atoms. The maximum absolute atomic E-state index is 10.6. The van der Waals surface area contributed by atoms with E-state index in [0.29, 0.717) is 13.0 Å². The number of carbonyl (C=O) groups is 1. The van der Waals surface area contributed by atoms with Crippen LogP contribution in [0.3, 0.4) is 0 Å². The second-order valence-corrected chi connectivity index (χ2v) is 2.49. The molecule has 1 heterocycles. The Morgan fingerprint density at radius 3 is 3.00 bits per heavy atom. The molecule has 3 nitrogen and oxygen atoms in total. The van der Waals surface area contributed by atoms with Gasteiger partial charge in [-0.2, -0.15) is 0 Å². The highest BCUT2D eigenvalue weighted by atomic mass is 16.3. The number of aliphatic hydroxyl groups is 1. The predicted molar refractivity (Wildman–Crippen MR) is 37.3 cm³/mol. The molecule has 0 saturated carbocycles. The lowest BCUT2D eigenvalue weighted by molar-refractivity contribution is -0.119. The molecule has 0 bridgehead atoms. The first-order chi connectivity index (χ1) is 4.74. The lowest BCUT2D eigenvalue weighted by atomic mass is 10.0. The molecule has 3 heteroatoms. The molecule has 2 N–H and O–H groups in total. The third-order valence-electron chi connectivity index (χ3n) is 1.73. The molecular formula is C7H11NO2. The van der Waals surface area contributed by atoms with Crippen molar-refractivity contribution in [2.24, 2.45) is 5.92 Å². The average molecular weight is 141 g/mol. The highest BCUT2D eigenvalue weighted by Crippen LogP contribution is 2.13. The summed E-state index contributed by atoms with van der Waals surface area (Å²) in [5.74, 6) is 0.0518. The average Bonchev–Trinajstić information content (AvgIpc) is 2.34. The normalized spacial score (nSPS) is 27.7. The van der Waals surface area contributed by atoms with E-state index in [1.807, 2.05) is 0 Å². The molecule has 1 aliphatic rings. The van der Waals surface area contributed by atoms with E-state index >= 15 is 0 Å². The Morgan fingerprint density at radius 1 is 1.90 bits per heavy atom. The van der Waals surface area contributed by atoms with Crippen molar-refractivity contribution in [1.29, 1.82) is 0 Å². The number of hydrogen-bond acceptors (Lipinski definition) is 2. The molecule has 0 radical (unpaired) electrons. The summed E-state index contributed by atoms with van der Waals surface area (Å²) in [5.41, 5.74) is 0. The smallest absolute Gasteiger partial charge is 0.220 e. The van der Waals surface area contributed by atoms with Crippen molar-refractivity contribution in [3.63, 3.8) is 0 Å². The lowest BCUT2D eigenvalue weighted by Crippen LogP contribution is -2.20. The zero-order chi connectivity index (χ0) is 7.56. The minimum absolute atomic E-state index is 0.0194. The Hall–Kier alpha value is -0.830. The maximum atomic E-state index is 10.6. The van der Waals surface area contributed by atoms with Crippen molar-refractivity contribution >= 4 is 5.91 Å². The molecule has 2 unspecified atom stereocenters. The summed E-state index contributed by atoms with van der Waals surface area (Å²) in [7, 11) is 0. The molecule has 56 valence electrons. The van der Waals surface area contributed by atoms with Crippen LogP contribution in [0.25, 0.3) is 0 Å². The van der Waals surface area contributed by atoms with Crippen LogP contribution in [-0.4, -0.2) is 23.7 Å². The van der Waals surface area contributed by atoms with Crippen LogP contribution < -0.4 is 5.32 Å². The highest BCUT2D eigenvalue weighted by Gasteiger charge is 2.25. The third-order valence-corrected chi connectivity index (χ3v) is 1.73. The van der Waals surface area contributed by atoms with E-state index in [-0.39, 0.29) is 11.8 Å². The van der Waals surface area contributed by atoms with E-state index < -0.39 is 6.10 Å². The van der Waals surface area contributed by atoms with Gasteiger partial charge in [-0.25, -0.2) is 0 Å². The lowest BCUT2D eigenvalue weighted by Gasteiger charge is -2.09. The van der Waals surface area contributed by atoms with Crippen LogP contribution in [0.5, 0.6) is 0 Å². The van der Waals surface area contributed by atoms with E-state index in [4.69, 9.17) is 5.11 Å². The number of aliphatic hydroxyl groups excluding tert-OH is 1. The van der Waals surface area contributed by atoms with Crippen LogP contribution in [0.1, 0.15) is 6.42 Å². The fraction of sp³-hybridized carbons (Fsp3) is 0.571. The molecule has 1 amide bonds. The largest absolute Gasteiger partial charge is 0.389 e. The predicted octanol–water partition coefficient (Wildman–Crippen LogP) is -0.331. The molecule has 1 saturated heterocycles. The van der Waals surface area contributed by atoms with Gasteiger partial charge in [0.05, 0.1) is 6.10 Å². The second-order valence-electron chi connectivity index (χ2n) is 2.49. The fourth-order valence-electron chi connectivity index (χ4n) is 1.06. The van der Waals surface area contributed by atoms with E-state index in [1.54, 1.807) is 0 Å². The van der Waals surface area contributed by atoms with Crippen LogP contribution in [0.15, 0.2) is 12.7 Å². The van der Waals surface area contributed by atoms with Crippen LogP contribution in [0.4, 0.5) is 0 Å². The van der Waals surface area contributed by atoms with Crippen molar-refractivity contribution in [1.82, 2.24) is 5.32 Å². The zero-order valence-corrected chi connectivity index (χ0v) is 5.71. The highest BCUT2D eigenvalue weighted by molar-refractivity contribution is 5.78. The number of rotatable bonds is 2. The summed E-state index contributed by atoms with van der Waals surface area (Å²) >= 11 is 0. The van der Waals surface area contributed by atoms with Gasteiger partial charge in [0.15, 0.2) is 0 Å². The molecule has 1 aliphatic heterocycles. The van der Waals surface area contributed by atoms with E-state index in [0.717, 1.165) is 0 Å². The van der Waals surface area contributed by atoms with Crippen LogP contribution in [0.2, 0.25) is 0 Å². The summed E-state index contributed by atoms with van der Waals surface area (Å²) in [6, 6.07) is 0. The maximum Gasteiger partial charge on any atom is 0.220 e. The van der Waals surface area contributed by atoms with Crippen LogP contribution in [-0.2, 0) is 4.79 Å². The summed E-state index contributed by atoms with van der Waals surface area (Å²) in [4.78, 5) is 10.6. The van der Waals surface area contributed by atoms with Crippen molar-refractivity contribution in [3.8, 4) is 0 Å². The van der Waals surface area contributed by atoms with Gasteiger partial charge in [-0.3, -0.25) is 4.79 Å². The topological polar surface area (TPSA) is 49.3 Å². The summed E-state index contributed by atoms with van der Waals surface area (Å²) < 4.78 is 0. The van der Waals surface area contributed by atoms with E-state index in [2.05, 4.69) is 11.9 Å². The fourth-order valence-corrected chi connectivity index (χ4v) is 1.06. The zero-order valence-electron chi connectivity index (χ0n) is 5.71. The molecule has 0 aliphatic carbocycles. The summed E-state index contributed by atoms with van der Waals surface area (Å²) in [5, 5.41) is 11.8. The Labute approximate surface area is 59.7 Å². The van der Waals surface area contributed by atoms with Gasteiger partial charge in [0.1, 0.15) is 0 Å². The summed E-state index contributed by atoms with van der Waals surface area (Å²) in [6.07, 6.45) is 1.34. The van der Waals surface area contributed by atoms with Gasteiger partial charge >= 0.3 is 0 Å².